The quantitative estimate of drug-likeness (QED) is 0.673. The van der Waals surface area contributed by atoms with Crippen LogP contribution in [0, 0.1) is 5.92 Å². The summed E-state index contributed by atoms with van der Waals surface area (Å²) in [6, 6.07) is 0. The summed E-state index contributed by atoms with van der Waals surface area (Å²) in [6.45, 7) is 13.9. The van der Waals surface area contributed by atoms with Gasteiger partial charge in [-0.15, -0.1) is 0 Å². The first-order valence-electron chi connectivity index (χ1n) is 6.04. The molecule has 0 aromatic carbocycles. The van der Waals surface area contributed by atoms with Gasteiger partial charge in [0.2, 0.25) is 0 Å². The van der Waals surface area contributed by atoms with E-state index in [0.29, 0.717) is 5.92 Å². The Labute approximate surface area is 101 Å². The molecule has 16 heavy (non-hydrogen) atoms. The summed E-state index contributed by atoms with van der Waals surface area (Å²) in [5, 5.41) is 0. The van der Waals surface area contributed by atoms with E-state index in [1.807, 2.05) is 34.6 Å². The molecule has 0 aliphatic carbocycles. The molecule has 0 aliphatic rings. The van der Waals surface area contributed by atoms with Gasteiger partial charge in [-0.25, -0.2) is 0 Å². The molecule has 0 heterocycles. The molecule has 0 spiro atoms. The fourth-order valence-electron chi connectivity index (χ4n) is 1.84. The molecule has 0 saturated carbocycles. The molecule has 0 fully saturated rings. The van der Waals surface area contributed by atoms with Crippen molar-refractivity contribution in [1.82, 2.24) is 0 Å². The molecule has 0 radical (unpaired) electrons. The molecule has 4 heteroatoms. The Bertz CT molecular complexity index is 227. The topological polar surface area (TPSA) is 35.5 Å². The lowest BCUT2D eigenvalue weighted by atomic mass is 9.87. The van der Waals surface area contributed by atoms with E-state index in [4.69, 9.17) is 8.85 Å². The highest BCUT2D eigenvalue weighted by Gasteiger charge is 2.34. The van der Waals surface area contributed by atoms with Gasteiger partial charge in [0.1, 0.15) is 0 Å². The second-order valence-corrected chi connectivity index (χ2v) is 6.59. The van der Waals surface area contributed by atoms with Crippen molar-refractivity contribution >= 4 is 9.17 Å². The second kappa shape index (κ2) is 5.80. The molecule has 0 atom stereocenters. The molecular weight excluding hydrogens is 220 g/mol. The smallest absolute Gasteiger partial charge is 0.492 e. The largest absolute Gasteiger partial charge is 0.768 e. The normalized spacial score (nSPS) is 12.8. The van der Waals surface area contributed by atoms with Crippen molar-refractivity contribution in [3.8, 4) is 0 Å². The van der Waals surface area contributed by atoms with Crippen LogP contribution in [0.2, 0.25) is 0 Å². The van der Waals surface area contributed by atoms with Crippen molar-refractivity contribution < 1.29 is 13.3 Å². The summed E-state index contributed by atoms with van der Waals surface area (Å²) in [5.74, 6) is 0.407. The van der Waals surface area contributed by atoms with E-state index in [2.05, 4.69) is 13.8 Å². The van der Waals surface area contributed by atoms with E-state index < -0.39 is 14.8 Å². The third-order valence-corrected chi connectivity index (χ3v) is 4.18. The summed E-state index contributed by atoms with van der Waals surface area (Å²) in [6.07, 6.45) is 2.04. The maximum Gasteiger partial charge on any atom is 0.768 e. The van der Waals surface area contributed by atoms with Gasteiger partial charge < -0.3 is 8.85 Å². The van der Waals surface area contributed by atoms with Crippen LogP contribution in [0.3, 0.4) is 0 Å². The molecular formula is C12H26O3Si. The van der Waals surface area contributed by atoms with Crippen molar-refractivity contribution in [2.45, 2.75) is 72.5 Å². The summed E-state index contributed by atoms with van der Waals surface area (Å²) < 4.78 is 22.7. The van der Waals surface area contributed by atoms with Crippen molar-refractivity contribution in [3.63, 3.8) is 0 Å². The van der Waals surface area contributed by atoms with Gasteiger partial charge in [0.05, 0.1) is 11.2 Å². The van der Waals surface area contributed by atoms with Gasteiger partial charge in [0, 0.05) is 0 Å². The van der Waals surface area contributed by atoms with Gasteiger partial charge in [0.15, 0.2) is 0 Å². The Hall–Kier alpha value is -0.383. The molecule has 0 amide bonds. The van der Waals surface area contributed by atoms with Crippen LogP contribution >= 0.6 is 0 Å². The van der Waals surface area contributed by atoms with E-state index in [1.54, 1.807) is 0 Å². The maximum absolute atomic E-state index is 11.8. The van der Waals surface area contributed by atoms with E-state index >= 15 is 0 Å². The van der Waals surface area contributed by atoms with Crippen molar-refractivity contribution in [2.75, 3.05) is 0 Å². The second-order valence-electron chi connectivity index (χ2n) is 5.68. The molecule has 0 aromatic heterocycles. The minimum Gasteiger partial charge on any atom is -0.492 e. The lowest BCUT2D eigenvalue weighted by molar-refractivity contribution is -0.0207. The average molecular weight is 246 g/mol. The van der Waals surface area contributed by atoms with Crippen LogP contribution in [0.4, 0.5) is 0 Å². The highest BCUT2D eigenvalue weighted by atomic mass is 28.3. The Morgan fingerprint density at radius 2 is 1.44 bits per heavy atom. The zero-order valence-electron chi connectivity index (χ0n) is 11.7. The lowest BCUT2D eigenvalue weighted by Crippen LogP contribution is -2.40. The fraction of sp³-hybridized carbons (Fsp3) is 1.00. The van der Waals surface area contributed by atoms with E-state index in [9.17, 15) is 4.46 Å². The molecule has 0 aliphatic heterocycles. The molecule has 0 saturated heterocycles. The summed E-state index contributed by atoms with van der Waals surface area (Å²) >= 11 is 0. The molecule has 0 N–H and O–H groups in total. The van der Waals surface area contributed by atoms with Gasteiger partial charge >= 0.3 is 9.17 Å². The van der Waals surface area contributed by atoms with Gasteiger partial charge in [0.25, 0.3) is 0 Å². The van der Waals surface area contributed by atoms with Gasteiger partial charge in [-0.05, 0) is 53.4 Å². The number of rotatable bonds is 6. The third-order valence-electron chi connectivity index (χ3n) is 2.70. The number of hydrogen-bond acceptors (Lipinski definition) is 3. The first-order chi connectivity index (χ1) is 7.12. The summed E-state index contributed by atoms with van der Waals surface area (Å²) in [7, 11) is -2.42. The van der Waals surface area contributed by atoms with E-state index in [-0.39, 0.29) is 5.60 Å². The maximum atomic E-state index is 11.8. The monoisotopic (exact) mass is 246 g/mol. The van der Waals surface area contributed by atoms with Crippen molar-refractivity contribution in [3.05, 3.63) is 0 Å². The lowest BCUT2D eigenvalue weighted by Gasteiger charge is -2.34. The Balaban J connectivity index is 4.41. The van der Waals surface area contributed by atoms with Crippen LogP contribution in [0.5, 0.6) is 0 Å². The molecule has 3 nitrogen and oxygen atoms in total. The molecule has 96 valence electrons. The highest BCUT2D eigenvalue weighted by molar-refractivity contribution is 6.26. The minimum absolute atomic E-state index is 0.384. The van der Waals surface area contributed by atoms with Crippen LogP contribution in [-0.4, -0.2) is 20.4 Å². The summed E-state index contributed by atoms with van der Waals surface area (Å²) in [4.78, 5) is 0. The third kappa shape index (κ3) is 5.63. The molecule has 0 rings (SSSR count). The molecule has 0 bridgehead atoms. The predicted octanol–water partition coefficient (Wildman–Crippen LogP) is 3.45. The summed E-state index contributed by atoms with van der Waals surface area (Å²) in [5.41, 5.74) is -0.801. The fourth-order valence-corrected chi connectivity index (χ4v) is 2.98. The zero-order chi connectivity index (χ0) is 13.0. The molecule has 0 unspecified atom stereocenters. The van der Waals surface area contributed by atoms with Gasteiger partial charge in [-0.2, -0.15) is 0 Å². The first kappa shape index (κ1) is 15.6. The standard InChI is InChI=1S/C12H26O3Si/c1-8-10(9-2)12(6,7)15-16(13)14-11(3,4)5/h10H,8-9H2,1-7H3. The predicted molar refractivity (Wildman–Crippen MR) is 66.5 cm³/mol. The van der Waals surface area contributed by atoms with E-state index in [1.165, 1.54) is 0 Å². The first-order valence-corrected chi connectivity index (χ1v) is 7.26. The van der Waals surface area contributed by atoms with Crippen LogP contribution in [-0.2, 0) is 13.3 Å². The average Bonchev–Trinajstić information content (AvgIpc) is 1.99. The van der Waals surface area contributed by atoms with Crippen molar-refractivity contribution in [2.24, 2.45) is 5.92 Å². The molecule has 0 aromatic rings. The van der Waals surface area contributed by atoms with Crippen molar-refractivity contribution in [1.29, 1.82) is 0 Å². The van der Waals surface area contributed by atoms with E-state index in [0.717, 1.165) is 12.8 Å². The van der Waals surface area contributed by atoms with Gasteiger partial charge in [-0.1, -0.05) is 13.8 Å². The van der Waals surface area contributed by atoms with Crippen LogP contribution in [0.25, 0.3) is 0 Å². The van der Waals surface area contributed by atoms with Gasteiger partial charge in [-0.3, -0.25) is 4.46 Å². The highest BCUT2D eigenvalue weighted by Crippen LogP contribution is 2.27. The minimum atomic E-state index is -2.42. The van der Waals surface area contributed by atoms with Crippen LogP contribution in [0.15, 0.2) is 0 Å². The Kier molecular flexibility index (Phi) is 5.66. The number of hydrogen-bond donors (Lipinski definition) is 0. The van der Waals surface area contributed by atoms with Crippen LogP contribution in [0.1, 0.15) is 61.3 Å². The Morgan fingerprint density at radius 1 is 1.00 bits per heavy atom. The zero-order valence-corrected chi connectivity index (χ0v) is 12.7. The Morgan fingerprint density at radius 3 is 1.75 bits per heavy atom. The van der Waals surface area contributed by atoms with Crippen LogP contribution < -0.4 is 0 Å². The SMILES string of the molecule is CCC(CC)C(C)(C)O[Si](=O)OC(C)(C)C.